The number of aryl methyl sites for hydroxylation is 1. The van der Waals surface area contributed by atoms with E-state index < -0.39 is 0 Å². The molecule has 0 spiro atoms. The van der Waals surface area contributed by atoms with Crippen molar-refractivity contribution in [3.8, 4) is 0 Å². The van der Waals surface area contributed by atoms with Crippen LogP contribution < -0.4 is 0 Å². The molecule has 0 saturated carbocycles. The van der Waals surface area contributed by atoms with Crippen LogP contribution in [0.4, 0.5) is 0 Å². The molecule has 0 aliphatic heterocycles. The number of carbonyl (C=O) groups excluding carboxylic acids is 1. The number of aromatic nitrogens is 1. The van der Waals surface area contributed by atoms with Crippen LogP contribution in [0, 0.1) is 0 Å². The molecular formula is C18H29NO. The second-order valence-corrected chi connectivity index (χ2v) is 5.75. The second-order valence-electron chi connectivity index (χ2n) is 5.75. The van der Waals surface area contributed by atoms with Gasteiger partial charge in [-0.3, -0.25) is 4.98 Å². The lowest BCUT2D eigenvalue weighted by Crippen LogP contribution is -1.89. The number of hydrogen-bond donors (Lipinski definition) is 0. The maximum absolute atomic E-state index is 10.8. The molecule has 1 aromatic heterocycles. The monoisotopic (exact) mass is 275 g/mol. The molecule has 112 valence electrons. The summed E-state index contributed by atoms with van der Waals surface area (Å²) in [5.41, 5.74) is 1.36. The van der Waals surface area contributed by atoms with Gasteiger partial charge in [0.1, 0.15) is 5.78 Å². The highest BCUT2D eigenvalue weighted by Gasteiger charge is 1.96. The molecule has 1 rings (SSSR count). The van der Waals surface area contributed by atoms with Crippen LogP contribution >= 0.6 is 0 Å². The number of hydrogen-bond acceptors (Lipinski definition) is 2. The molecule has 0 fully saturated rings. The van der Waals surface area contributed by atoms with Crippen LogP contribution in [0.25, 0.3) is 0 Å². The Kier molecular flexibility index (Phi) is 9.81. The molecule has 0 saturated heterocycles. The number of carbonyl (C=O) groups is 1. The van der Waals surface area contributed by atoms with Crippen LogP contribution in [0.5, 0.6) is 0 Å². The van der Waals surface area contributed by atoms with E-state index in [2.05, 4.69) is 11.1 Å². The van der Waals surface area contributed by atoms with Crippen molar-refractivity contribution < 1.29 is 4.79 Å². The first-order valence-corrected chi connectivity index (χ1v) is 8.17. The van der Waals surface area contributed by atoms with E-state index in [4.69, 9.17) is 0 Å². The van der Waals surface area contributed by atoms with Crippen LogP contribution in [0.2, 0.25) is 0 Å². The normalized spacial score (nSPS) is 10.7. The molecule has 2 nitrogen and oxygen atoms in total. The molecule has 1 heterocycles. The summed E-state index contributed by atoms with van der Waals surface area (Å²) in [6.45, 7) is 1.69. The maximum Gasteiger partial charge on any atom is 0.129 e. The van der Waals surface area contributed by atoms with Gasteiger partial charge in [0.2, 0.25) is 0 Å². The summed E-state index contributed by atoms with van der Waals surface area (Å²) in [6.07, 6.45) is 17.4. The van der Waals surface area contributed by atoms with E-state index in [9.17, 15) is 4.79 Å². The highest BCUT2D eigenvalue weighted by Crippen LogP contribution is 2.12. The summed E-state index contributed by atoms with van der Waals surface area (Å²) in [5.74, 6) is 0.332. The van der Waals surface area contributed by atoms with Crippen molar-refractivity contribution in [2.45, 2.75) is 77.6 Å². The van der Waals surface area contributed by atoms with E-state index in [-0.39, 0.29) is 0 Å². The van der Waals surface area contributed by atoms with E-state index in [0.29, 0.717) is 5.78 Å². The van der Waals surface area contributed by atoms with E-state index in [1.165, 1.54) is 63.4 Å². The van der Waals surface area contributed by atoms with Gasteiger partial charge in [0.25, 0.3) is 0 Å². The molecule has 0 amide bonds. The van der Waals surface area contributed by atoms with Crippen molar-refractivity contribution >= 4 is 5.78 Å². The van der Waals surface area contributed by atoms with Crippen molar-refractivity contribution in [2.75, 3.05) is 0 Å². The van der Waals surface area contributed by atoms with Crippen LogP contribution in [0.15, 0.2) is 24.5 Å². The number of nitrogens with zero attached hydrogens (tertiary/aromatic N) is 1. The third-order valence-electron chi connectivity index (χ3n) is 3.72. The molecule has 0 radical (unpaired) electrons. The number of unbranched alkanes of at least 4 members (excludes halogenated alkanes) is 8. The third kappa shape index (κ3) is 9.71. The number of ketones is 1. The first-order chi connectivity index (χ1) is 9.79. The largest absolute Gasteiger partial charge is 0.300 e. The Labute approximate surface area is 124 Å². The molecule has 0 aliphatic rings. The summed E-state index contributed by atoms with van der Waals surface area (Å²) in [6, 6.07) is 4.18. The molecule has 0 atom stereocenters. The van der Waals surface area contributed by atoms with Gasteiger partial charge in [0, 0.05) is 18.8 Å². The molecule has 1 aromatic rings. The average Bonchev–Trinajstić information content (AvgIpc) is 2.45. The topological polar surface area (TPSA) is 30.0 Å². The zero-order valence-corrected chi connectivity index (χ0v) is 12.9. The molecule has 0 aliphatic carbocycles. The van der Waals surface area contributed by atoms with E-state index >= 15 is 0 Å². The van der Waals surface area contributed by atoms with Gasteiger partial charge < -0.3 is 4.79 Å². The van der Waals surface area contributed by atoms with Crippen LogP contribution in [0.1, 0.15) is 76.7 Å². The first kappa shape index (κ1) is 16.9. The Balaban J connectivity index is 1.80. The zero-order chi connectivity index (χ0) is 14.5. The molecular weight excluding hydrogens is 246 g/mol. The predicted octanol–water partition coefficient (Wildman–Crippen LogP) is 5.11. The van der Waals surface area contributed by atoms with Gasteiger partial charge >= 0.3 is 0 Å². The Morgan fingerprint density at radius 1 is 0.950 bits per heavy atom. The van der Waals surface area contributed by atoms with Gasteiger partial charge in [-0.25, -0.2) is 0 Å². The highest BCUT2D eigenvalue weighted by molar-refractivity contribution is 5.75. The fourth-order valence-corrected chi connectivity index (χ4v) is 2.49. The fourth-order valence-electron chi connectivity index (χ4n) is 2.49. The maximum atomic E-state index is 10.8. The fraction of sp³-hybridized carbons (Fsp3) is 0.667. The van der Waals surface area contributed by atoms with E-state index in [1.807, 2.05) is 18.5 Å². The van der Waals surface area contributed by atoms with Crippen LogP contribution in [-0.4, -0.2) is 10.8 Å². The number of rotatable bonds is 12. The predicted molar refractivity (Wildman–Crippen MR) is 84.8 cm³/mol. The molecule has 0 N–H and O–H groups in total. The van der Waals surface area contributed by atoms with Gasteiger partial charge in [-0.05, 0) is 37.8 Å². The number of pyridine rings is 1. The van der Waals surface area contributed by atoms with Gasteiger partial charge in [-0.15, -0.1) is 0 Å². The SMILES string of the molecule is CC(=O)CCCCCCCCCCCc1cccnc1. The lowest BCUT2D eigenvalue weighted by molar-refractivity contribution is -0.117. The first-order valence-electron chi connectivity index (χ1n) is 8.17. The Bertz CT molecular complexity index is 348. The third-order valence-corrected chi connectivity index (χ3v) is 3.72. The van der Waals surface area contributed by atoms with Crippen molar-refractivity contribution in [3.05, 3.63) is 30.1 Å². The summed E-state index contributed by atoms with van der Waals surface area (Å²) in [5, 5.41) is 0. The minimum Gasteiger partial charge on any atom is -0.300 e. The zero-order valence-electron chi connectivity index (χ0n) is 12.9. The molecule has 2 heteroatoms. The van der Waals surface area contributed by atoms with Gasteiger partial charge in [0.05, 0.1) is 0 Å². The van der Waals surface area contributed by atoms with Crippen molar-refractivity contribution in [1.29, 1.82) is 0 Å². The number of Topliss-reactive ketones (excluding diaryl/α,β-unsaturated/α-hetero) is 1. The van der Waals surface area contributed by atoms with Gasteiger partial charge in [0.15, 0.2) is 0 Å². The van der Waals surface area contributed by atoms with E-state index in [0.717, 1.165) is 12.8 Å². The lowest BCUT2D eigenvalue weighted by atomic mass is 10.0. The summed E-state index contributed by atoms with van der Waals surface area (Å²) < 4.78 is 0. The minimum absolute atomic E-state index is 0.332. The van der Waals surface area contributed by atoms with Gasteiger partial charge in [-0.1, -0.05) is 51.0 Å². The quantitative estimate of drug-likeness (QED) is 0.496. The smallest absolute Gasteiger partial charge is 0.129 e. The molecule has 0 aromatic carbocycles. The summed E-state index contributed by atoms with van der Waals surface area (Å²) >= 11 is 0. The van der Waals surface area contributed by atoms with Crippen LogP contribution in [-0.2, 0) is 11.2 Å². The van der Waals surface area contributed by atoms with Gasteiger partial charge in [-0.2, -0.15) is 0 Å². The standard InChI is InChI=1S/C18H29NO/c1-17(20)12-9-7-5-3-2-4-6-8-10-13-18-14-11-15-19-16-18/h11,14-16H,2-10,12-13H2,1H3. The van der Waals surface area contributed by atoms with Crippen molar-refractivity contribution in [3.63, 3.8) is 0 Å². The lowest BCUT2D eigenvalue weighted by Gasteiger charge is -2.03. The Morgan fingerprint density at radius 3 is 2.10 bits per heavy atom. The molecule has 20 heavy (non-hydrogen) atoms. The minimum atomic E-state index is 0.332. The van der Waals surface area contributed by atoms with Crippen LogP contribution in [0.3, 0.4) is 0 Å². The molecule has 0 bridgehead atoms. The average molecular weight is 275 g/mol. The van der Waals surface area contributed by atoms with E-state index in [1.54, 1.807) is 6.92 Å². The van der Waals surface area contributed by atoms with Crippen molar-refractivity contribution in [2.24, 2.45) is 0 Å². The van der Waals surface area contributed by atoms with Crippen molar-refractivity contribution in [1.82, 2.24) is 4.98 Å². The summed E-state index contributed by atoms with van der Waals surface area (Å²) in [7, 11) is 0. The Morgan fingerprint density at radius 2 is 1.55 bits per heavy atom. The second kappa shape index (κ2) is 11.6. The molecule has 0 unspecified atom stereocenters. The highest BCUT2D eigenvalue weighted by atomic mass is 16.1. The Hall–Kier alpha value is -1.18. The summed E-state index contributed by atoms with van der Waals surface area (Å²) in [4.78, 5) is 14.9.